The van der Waals surface area contributed by atoms with Crippen LogP contribution in [0.5, 0.6) is 0 Å². The third-order valence-electron chi connectivity index (χ3n) is 2.04. The first kappa shape index (κ1) is 30.9. The smallest absolute Gasteiger partial charge is 0.550 e. The predicted octanol–water partition coefficient (Wildman–Crippen LogP) is -2.69. The molecule has 0 heterocycles. The summed E-state index contributed by atoms with van der Waals surface area (Å²) in [5, 5.41) is 28.9. The maximum atomic E-state index is 10.1. The largest absolute Gasteiger partial charge is 3.00 e. The van der Waals surface area contributed by atoms with Gasteiger partial charge in [0.2, 0.25) is 0 Å². The van der Waals surface area contributed by atoms with E-state index in [1.54, 1.807) is 0 Å². The second kappa shape index (κ2) is 20.1. The standard InChI is InChI=1S/3C5H8O3.Ir/c3*1-4(6)2-3-5(7)8;/h3*2-3H2,1H3,(H,7,8);/q;;;+3/p-3. The van der Waals surface area contributed by atoms with Gasteiger partial charge in [0.15, 0.2) is 0 Å². The van der Waals surface area contributed by atoms with E-state index in [1.807, 2.05) is 0 Å². The monoisotopic (exact) mass is 538 g/mol. The molecule has 0 bridgehead atoms. The first-order valence-electron chi connectivity index (χ1n) is 6.96. The predicted molar refractivity (Wildman–Crippen MR) is 74.8 cm³/mol. The number of carbonyl (C=O) groups excluding carboxylic acids is 6. The molecule has 0 fully saturated rings. The maximum absolute atomic E-state index is 10.1. The van der Waals surface area contributed by atoms with E-state index in [0.29, 0.717) is 0 Å². The molecule has 144 valence electrons. The zero-order valence-corrected chi connectivity index (χ0v) is 16.6. The Morgan fingerprint density at radius 3 is 0.680 bits per heavy atom. The summed E-state index contributed by atoms with van der Waals surface area (Å²) in [4.78, 5) is 59.1. The molecule has 0 aliphatic rings. The number of carbonyl (C=O) groups is 6. The van der Waals surface area contributed by atoms with Gasteiger partial charge >= 0.3 is 20.1 Å². The van der Waals surface area contributed by atoms with E-state index >= 15 is 0 Å². The number of aliphatic carboxylic acids is 3. The van der Waals surface area contributed by atoms with E-state index < -0.39 is 17.9 Å². The number of carboxylic acids is 3. The zero-order valence-electron chi connectivity index (χ0n) is 14.3. The van der Waals surface area contributed by atoms with Crippen LogP contribution in [-0.2, 0) is 48.9 Å². The minimum Gasteiger partial charge on any atom is -0.550 e. The average Bonchev–Trinajstić information content (AvgIpc) is 2.42. The van der Waals surface area contributed by atoms with Crippen molar-refractivity contribution in [3.8, 4) is 0 Å². The van der Waals surface area contributed by atoms with Gasteiger partial charge in [-0.25, -0.2) is 0 Å². The van der Waals surface area contributed by atoms with Crippen LogP contribution >= 0.6 is 0 Å². The maximum Gasteiger partial charge on any atom is 3.00 e. The molecular formula is C15H21IrO9. The molecule has 0 radical (unpaired) electrons. The molecule has 0 spiro atoms. The molecule has 0 unspecified atom stereocenters. The van der Waals surface area contributed by atoms with E-state index in [0.717, 1.165) is 0 Å². The van der Waals surface area contributed by atoms with Crippen LogP contribution in [0, 0.1) is 0 Å². The van der Waals surface area contributed by atoms with Gasteiger partial charge in [-0.15, -0.1) is 0 Å². The van der Waals surface area contributed by atoms with Crippen molar-refractivity contribution in [2.75, 3.05) is 0 Å². The number of hydrogen-bond acceptors (Lipinski definition) is 9. The fraction of sp³-hybridized carbons (Fsp3) is 0.600. The summed E-state index contributed by atoms with van der Waals surface area (Å²) in [6.45, 7) is 4.05. The van der Waals surface area contributed by atoms with Crippen LogP contribution < -0.4 is 15.3 Å². The average molecular weight is 538 g/mol. The third kappa shape index (κ3) is 52.0. The Hall–Kier alpha value is -1.93. The molecule has 25 heavy (non-hydrogen) atoms. The van der Waals surface area contributed by atoms with Crippen LogP contribution in [0.2, 0.25) is 0 Å². The van der Waals surface area contributed by atoms with Gasteiger partial charge in [-0.1, -0.05) is 0 Å². The van der Waals surface area contributed by atoms with Gasteiger partial charge in [-0.05, 0) is 40.0 Å². The van der Waals surface area contributed by atoms with Gasteiger partial charge in [0.1, 0.15) is 17.3 Å². The van der Waals surface area contributed by atoms with Crippen LogP contribution in [-0.4, -0.2) is 35.3 Å². The first-order valence-corrected chi connectivity index (χ1v) is 6.96. The quantitative estimate of drug-likeness (QED) is 0.304. The van der Waals surface area contributed by atoms with Crippen LogP contribution in [0.15, 0.2) is 0 Å². The summed E-state index contributed by atoms with van der Waals surface area (Å²) >= 11 is 0. The van der Waals surface area contributed by atoms with Gasteiger partial charge in [-0.3, -0.25) is 0 Å². The van der Waals surface area contributed by atoms with Crippen molar-refractivity contribution in [3.05, 3.63) is 0 Å². The van der Waals surface area contributed by atoms with Crippen molar-refractivity contribution in [1.29, 1.82) is 0 Å². The minimum atomic E-state index is -1.17. The summed E-state index contributed by atoms with van der Waals surface area (Å²) < 4.78 is 0. The number of Topliss-reactive ketones (excluding diaryl/α,β-unsaturated/α-hetero) is 3. The molecule has 0 aliphatic heterocycles. The molecule has 0 aromatic heterocycles. The second-order valence-electron chi connectivity index (χ2n) is 4.72. The molecule has 0 atom stereocenters. The number of hydrogen-bond donors (Lipinski definition) is 0. The van der Waals surface area contributed by atoms with E-state index in [4.69, 9.17) is 0 Å². The summed E-state index contributed by atoms with van der Waals surface area (Å²) in [7, 11) is 0. The number of rotatable bonds is 9. The Bertz CT molecular complexity index is 349. The van der Waals surface area contributed by atoms with Crippen molar-refractivity contribution in [3.63, 3.8) is 0 Å². The van der Waals surface area contributed by atoms with Crippen LogP contribution in [0.3, 0.4) is 0 Å². The molecule has 0 saturated carbocycles. The fourth-order valence-corrected chi connectivity index (χ4v) is 0.834. The molecule has 0 rings (SSSR count). The van der Waals surface area contributed by atoms with E-state index in [9.17, 15) is 44.1 Å². The number of ketones is 3. The molecule has 10 heteroatoms. The van der Waals surface area contributed by atoms with Crippen molar-refractivity contribution in [2.45, 2.75) is 59.3 Å². The minimum absolute atomic E-state index is 0. The van der Waals surface area contributed by atoms with E-state index in [2.05, 4.69) is 0 Å². The van der Waals surface area contributed by atoms with E-state index in [1.165, 1.54) is 20.8 Å². The Kier molecular flexibility index (Phi) is 24.9. The zero-order chi connectivity index (χ0) is 19.7. The van der Waals surface area contributed by atoms with E-state index in [-0.39, 0.29) is 76.0 Å². The van der Waals surface area contributed by atoms with Crippen LogP contribution in [0.25, 0.3) is 0 Å². The Morgan fingerprint density at radius 2 is 0.640 bits per heavy atom. The molecule has 0 amide bonds. The molecule has 0 aromatic rings. The van der Waals surface area contributed by atoms with Crippen molar-refractivity contribution >= 4 is 35.3 Å². The van der Waals surface area contributed by atoms with Gasteiger partial charge < -0.3 is 44.1 Å². The summed E-state index contributed by atoms with van der Waals surface area (Å²) in [6.07, 6.45) is -0.215. The molecular weight excluding hydrogens is 516 g/mol. The summed E-state index contributed by atoms with van der Waals surface area (Å²) in [5.41, 5.74) is 0. The fourth-order valence-electron chi connectivity index (χ4n) is 0.834. The van der Waals surface area contributed by atoms with Crippen LogP contribution in [0.1, 0.15) is 59.3 Å². The van der Waals surface area contributed by atoms with Crippen molar-refractivity contribution in [1.82, 2.24) is 0 Å². The first-order chi connectivity index (χ1) is 10.9. The Labute approximate surface area is 159 Å². The summed E-state index contributed by atoms with van der Waals surface area (Å²) in [5.74, 6) is -3.85. The Balaban J connectivity index is -0.000000130. The molecule has 9 nitrogen and oxygen atoms in total. The third-order valence-corrected chi connectivity index (χ3v) is 2.04. The second-order valence-corrected chi connectivity index (χ2v) is 4.72. The van der Waals surface area contributed by atoms with Crippen LogP contribution in [0.4, 0.5) is 0 Å². The molecule has 0 N–H and O–H groups in total. The molecule has 0 aliphatic carbocycles. The van der Waals surface area contributed by atoms with Gasteiger partial charge in [-0.2, -0.15) is 0 Å². The van der Waals surface area contributed by atoms with Crippen molar-refractivity contribution < 1.29 is 64.2 Å². The van der Waals surface area contributed by atoms with Gasteiger partial charge in [0, 0.05) is 37.2 Å². The number of carboxylic acid groups (broad SMARTS) is 3. The van der Waals surface area contributed by atoms with Gasteiger partial charge in [0.25, 0.3) is 0 Å². The van der Waals surface area contributed by atoms with Gasteiger partial charge in [0.05, 0.1) is 0 Å². The molecule has 0 aromatic carbocycles. The Morgan fingerprint density at radius 1 is 0.480 bits per heavy atom. The SMILES string of the molecule is CC(=O)CCC(=O)[O-].CC(=O)CCC(=O)[O-].CC(=O)CCC(=O)[O-].[Ir+3]. The summed E-state index contributed by atoms with van der Waals surface area (Å²) in [6, 6.07) is 0. The van der Waals surface area contributed by atoms with Crippen molar-refractivity contribution in [2.24, 2.45) is 0 Å². The normalized spacial score (nSPS) is 8.28. The molecule has 0 saturated heterocycles. The topological polar surface area (TPSA) is 172 Å².